The van der Waals surface area contributed by atoms with E-state index in [1.807, 2.05) is 11.1 Å². The summed E-state index contributed by atoms with van der Waals surface area (Å²) in [6.45, 7) is 7.19. The van der Waals surface area contributed by atoms with Crippen LogP contribution in [0, 0.1) is 13.8 Å². The Hall–Kier alpha value is -3.85. The lowest BCUT2D eigenvalue weighted by Crippen LogP contribution is -2.48. The quantitative estimate of drug-likeness (QED) is 0.563. The summed E-state index contributed by atoms with van der Waals surface area (Å²) in [6, 6.07) is 9.64. The predicted octanol–water partition coefficient (Wildman–Crippen LogP) is 3.59. The van der Waals surface area contributed by atoms with Gasteiger partial charge in [-0.25, -0.2) is 19.7 Å². The van der Waals surface area contributed by atoms with E-state index in [-0.39, 0.29) is 11.6 Å². The molecular formula is C27H30N6O3. The average Bonchev–Trinajstić information content (AvgIpc) is 2.87. The maximum Gasteiger partial charge on any atom is 0.354 e. The Balaban J connectivity index is 1.18. The second-order valence-corrected chi connectivity index (χ2v) is 9.65. The molecule has 4 heterocycles. The van der Waals surface area contributed by atoms with E-state index in [1.165, 1.54) is 23.4 Å². The van der Waals surface area contributed by atoms with E-state index >= 15 is 0 Å². The molecular weight excluding hydrogens is 456 g/mol. The first-order valence-corrected chi connectivity index (χ1v) is 12.3. The molecule has 0 unspecified atom stereocenters. The molecule has 0 atom stereocenters. The maximum atomic E-state index is 12.9. The summed E-state index contributed by atoms with van der Waals surface area (Å²) < 4.78 is 0. The highest BCUT2D eigenvalue weighted by Crippen LogP contribution is 2.26. The lowest BCUT2D eigenvalue weighted by molar-refractivity contribution is 0.0598. The second kappa shape index (κ2) is 10.0. The summed E-state index contributed by atoms with van der Waals surface area (Å²) in [7, 11) is 0. The molecule has 9 heteroatoms. The number of nitrogens with one attached hydrogen (secondary N) is 1. The van der Waals surface area contributed by atoms with E-state index in [4.69, 9.17) is 10.1 Å². The fourth-order valence-corrected chi connectivity index (χ4v) is 5.18. The van der Waals surface area contributed by atoms with E-state index in [9.17, 15) is 9.59 Å². The number of aromatic carboxylic acids is 1. The van der Waals surface area contributed by atoms with E-state index in [0.717, 1.165) is 49.3 Å². The molecule has 9 nitrogen and oxygen atoms in total. The number of anilines is 2. The monoisotopic (exact) mass is 486 g/mol. The van der Waals surface area contributed by atoms with Gasteiger partial charge >= 0.3 is 5.97 Å². The van der Waals surface area contributed by atoms with E-state index < -0.39 is 5.97 Å². The van der Waals surface area contributed by atoms with Gasteiger partial charge in [0.1, 0.15) is 5.69 Å². The fourth-order valence-electron chi connectivity index (χ4n) is 5.18. The number of benzene rings is 1. The summed E-state index contributed by atoms with van der Waals surface area (Å²) in [5.41, 5.74) is 5.90. The molecule has 36 heavy (non-hydrogen) atoms. The van der Waals surface area contributed by atoms with Crippen LogP contribution < -0.4 is 5.32 Å². The van der Waals surface area contributed by atoms with Gasteiger partial charge in [0.2, 0.25) is 5.95 Å². The Morgan fingerprint density at radius 2 is 1.78 bits per heavy atom. The van der Waals surface area contributed by atoms with Crippen LogP contribution in [0.15, 0.2) is 42.7 Å². The number of pyridine rings is 1. The van der Waals surface area contributed by atoms with Gasteiger partial charge < -0.3 is 15.3 Å². The molecule has 0 bridgehead atoms. The molecule has 2 aliphatic heterocycles. The average molecular weight is 487 g/mol. The third kappa shape index (κ3) is 5.21. The largest absolute Gasteiger partial charge is 0.477 e. The Labute approximate surface area is 210 Å². The molecule has 0 spiro atoms. The first kappa shape index (κ1) is 23.9. The zero-order valence-electron chi connectivity index (χ0n) is 20.6. The predicted molar refractivity (Wildman–Crippen MR) is 135 cm³/mol. The van der Waals surface area contributed by atoms with Crippen LogP contribution in [0.3, 0.4) is 0 Å². The van der Waals surface area contributed by atoms with Gasteiger partial charge in [0.05, 0.1) is 5.69 Å². The Morgan fingerprint density at radius 3 is 2.50 bits per heavy atom. The van der Waals surface area contributed by atoms with Crippen molar-refractivity contribution in [3.05, 3.63) is 76.4 Å². The number of hydrogen-bond donors (Lipinski definition) is 2. The molecule has 1 aromatic carbocycles. The van der Waals surface area contributed by atoms with Crippen molar-refractivity contribution in [1.82, 2.24) is 24.8 Å². The van der Waals surface area contributed by atoms with Crippen LogP contribution in [-0.2, 0) is 13.0 Å². The number of carbonyl (C=O) groups is 2. The van der Waals surface area contributed by atoms with Crippen LogP contribution >= 0.6 is 0 Å². The summed E-state index contributed by atoms with van der Waals surface area (Å²) in [6.07, 6.45) is 5.94. The molecule has 1 saturated heterocycles. The minimum Gasteiger partial charge on any atom is -0.477 e. The van der Waals surface area contributed by atoms with Crippen LogP contribution in [-0.4, -0.2) is 67.4 Å². The molecule has 1 amide bonds. The van der Waals surface area contributed by atoms with Gasteiger partial charge in [0.15, 0.2) is 0 Å². The van der Waals surface area contributed by atoms with Crippen LogP contribution in [0.2, 0.25) is 0 Å². The summed E-state index contributed by atoms with van der Waals surface area (Å²) in [5, 5.41) is 12.5. The SMILES string of the molecule is Cc1cc(C)cc(Nc2ncc3c(n2)CCN(C2CCN(C(=O)c4ccnc(C(=O)O)c4)CC2)C3)c1. The normalized spacial score (nSPS) is 16.4. The number of aryl methyl sites for hydroxylation is 2. The number of carbonyl (C=O) groups excluding carboxylic acids is 1. The number of nitrogens with zero attached hydrogens (tertiary/aromatic N) is 5. The van der Waals surface area contributed by atoms with E-state index in [2.05, 4.69) is 52.2 Å². The van der Waals surface area contributed by atoms with Crippen LogP contribution in [0.1, 0.15) is 56.1 Å². The highest BCUT2D eigenvalue weighted by molar-refractivity contribution is 5.96. The molecule has 2 aliphatic rings. The number of carboxylic acids is 1. The summed E-state index contributed by atoms with van der Waals surface area (Å²) in [5.74, 6) is -0.647. The van der Waals surface area contributed by atoms with Gasteiger partial charge in [-0.3, -0.25) is 9.69 Å². The molecule has 2 N–H and O–H groups in total. The summed E-state index contributed by atoms with van der Waals surface area (Å²) >= 11 is 0. The van der Waals surface area contributed by atoms with Gasteiger partial charge in [-0.1, -0.05) is 6.07 Å². The standard InChI is InChI=1S/C27H30N6O3/c1-17-11-18(2)13-21(12-17)30-27-29-15-20-16-33(10-6-23(20)31-27)22-4-8-32(9-5-22)25(34)19-3-7-28-24(14-19)26(35)36/h3,7,11-15,22H,4-6,8-10,16H2,1-2H3,(H,35,36)(H,29,30,31). The van der Waals surface area contributed by atoms with Crippen molar-refractivity contribution >= 4 is 23.5 Å². The fraction of sp³-hybridized carbons (Fsp3) is 0.370. The molecule has 0 saturated carbocycles. The van der Waals surface area contributed by atoms with Crippen molar-refractivity contribution in [3.8, 4) is 0 Å². The Kier molecular flexibility index (Phi) is 6.65. The van der Waals surface area contributed by atoms with Crippen molar-refractivity contribution in [2.45, 2.75) is 45.7 Å². The first-order valence-electron chi connectivity index (χ1n) is 12.3. The lowest BCUT2D eigenvalue weighted by Gasteiger charge is -2.40. The number of piperidine rings is 1. The van der Waals surface area contributed by atoms with Gasteiger partial charge in [-0.05, 0) is 62.1 Å². The van der Waals surface area contributed by atoms with Crippen molar-refractivity contribution in [1.29, 1.82) is 0 Å². The highest BCUT2D eigenvalue weighted by Gasteiger charge is 2.30. The molecule has 0 radical (unpaired) electrons. The number of carboxylic acid groups (broad SMARTS) is 1. The van der Waals surface area contributed by atoms with Crippen LogP contribution in [0.4, 0.5) is 11.6 Å². The molecule has 3 aromatic rings. The maximum absolute atomic E-state index is 12.9. The lowest BCUT2D eigenvalue weighted by atomic mass is 9.98. The zero-order chi connectivity index (χ0) is 25.2. The van der Waals surface area contributed by atoms with Crippen molar-refractivity contribution in [2.24, 2.45) is 0 Å². The number of hydrogen-bond acceptors (Lipinski definition) is 7. The smallest absolute Gasteiger partial charge is 0.354 e. The van der Waals surface area contributed by atoms with E-state index in [0.29, 0.717) is 30.6 Å². The number of fused-ring (bicyclic) bond motifs is 1. The topological polar surface area (TPSA) is 112 Å². The number of amides is 1. The molecule has 186 valence electrons. The van der Waals surface area contributed by atoms with Crippen LogP contribution in [0.5, 0.6) is 0 Å². The Bertz CT molecular complexity index is 1280. The van der Waals surface area contributed by atoms with Crippen molar-refractivity contribution < 1.29 is 14.7 Å². The molecule has 0 aliphatic carbocycles. The van der Waals surface area contributed by atoms with Gasteiger partial charge in [-0.15, -0.1) is 0 Å². The van der Waals surface area contributed by atoms with Gasteiger partial charge in [0, 0.05) is 67.8 Å². The number of rotatable bonds is 5. The van der Waals surface area contributed by atoms with E-state index in [1.54, 1.807) is 6.07 Å². The minimum atomic E-state index is -1.13. The van der Waals surface area contributed by atoms with Gasteiger partial charge in [0.25, 0.3) is 5.91 Å². The van der Waals surface area contributed by atoms with Crippen molar-refractivity contribution in [2.75, 3.05) is 25.0 Å². The zero-order valence-corrected chi connectivity index (χ0v) is 20.6. The molecule has 2 aromatic heterocycles. The van der Waals surface area contributed by atoms with Gasteiger partial charge in [-0.2, -0.15) is 0 Å². The number of likely N-dealkylation sites (tertiary alicyclic amines) is 1. The first-order chi connectivity index (χ1) is 17.4. The third-order valence-electron chi connectivity index (χ3n) is 6.94. The van der Waals surface area contributed by atoms with Crippen LogP contribution in [0.25, 0.3) is 0 Å². The third-order valence-corrected chi connectivity index (χ3v) is 6.94. The highest BCUT2D eigenvalue weighted by atomic mass is 16.4. The molecule has 5 rings (SSSR count). The minimum absolute atomic E-state index is 0.114. The second-order valence-electron chi connectivity index (χ2n) is 9.65. The molecule has 1 fully saturated rings. The number of aromatic nitrogens is 3. The Morgan fingerprint density at radius 1 is 1.03 bits per heavy atom. The van der Waals surface area contributed by atoms with Crippen molar-refractivity contribution in [3.63, 3.8) is 0 Å². The summed E-state index contributed by atoms with van der Waals surface area (Å²) in [4.78, 5) is 41.5.